The predicted molar refractivity (Wildman–Crippen MR) is 219 cm³/mol. The van der Waals surface area contributed by atoms with Crippen LogP contribution in [0.25, 0.3) is 22.5 Å². The molecule has 0 saturated heterocycles. The zero-order chi connectivity index (χ0) is 34.8. The van der Waals surface area contributed by atoms with Gasteiger partial charge in [-0.1, -0.05) is 110 Å². The van der Waals surface area contributed by atoms with Crippen molar-refractivity contribution in [3.05, 3.63) is 213 Å². The lowest BCUT2D eigenvalue weighted by Crippen LogP contribution is -2.15. The van der Waals surface area contributed by atoms with Crippen LogP contribution in [0.3, 0.4) is 0 Å². The highest BCUT2D eigenvalue weighted by Gasteiger charge is 2.15. The lowest BCUT2D eigenvalue weighted by molar-refractivity contribution is 1.21. The van der Waals surface area contributed by atoms with E-state index < -0.39 is 0 Å². The molecule has 0 radical (unpaired) electrons. The number of pyridine rings is 2. The first-order valence-corrected chi connectivity index (χ1v) is 17.8. The Morgan fingerprint density at radius 1 is 0.471 bits per heavy atom. The third-order valence-electron chi connectivity index (χ3n) is 8.35. The standard InChI is InChI=1S/C46H37N4P/c1-3-18-37(4-2)49(38-21-8-5-9-22-38)41-27-14-19-35(33-41)43-29-16-31-45(47-43)51-46-32-17-30-44(48-46)36-20-15-28-42(34-36)50(39-23-10-6-11-24-39)40-25-12-7-13-26-40/h3-34,51H,1-2H2/b37-18+. The first-order chi connectivity index (χ1) is 25.2. The third-order valence-corrected chi connectivity index (χ3v) is 9.42. The third kappa shape index (κ3) is 7.78. The predicted octanol–water partition coefficient (Wildman–Crippen LogP) is 11.3. The van der Waals surface area contributed by atoms with Gasteiger partial charge in [0.1, 0.15) is 0 Å². The van der Waals surface area contributed by atoms with Crippen LogP contribution in [0.15, 0.2) is 213 Å². The van der Waals surface area contributed by atoms with E-state index >= 15 is 0 Å². The van der Waals surface area contributed by atoms with E-state index in [1.165, 1.54) is 0 Å². The Morgan fingerprint density at radius 2 is 0.922 bits per heavy atom. The van der Waals surface area contributed by atoms with Gasteiger partial charge in [-0.3, -0.25) is 0 Å². The largest absolute Gasteiger partial charge is 0.311 e. The number of allylic oxidation sites excluding steroid dienone is 3. The maximum absolute atomic E-state index is 5.13. The molecule has 51 heavy (non-hydrogen) atoms. The van der Waals surface area contributed by atoms with E-state index in [-0.39, 0.29) is 0 Å². The number of benzene rings is 5. The van der Waals surface area contributed by atoms with Crippen molar-refractivity contribution >= 4 is 47.9 Å². The van der Waals surface area contributed by atoms with Crippen molar-refractivity contribution in [1.82, 2.24) is 9.97 Å². The Morgan fingerprint density at radius 3 is 1.43 bits per heavy atom. The van der Waals surface area contributed by atoms with Crippen molar-refractivity contribution in [3.8, 4) is 22.5 Å². The van der Waals surface area contributed by atoms with Crippen molar-refractivity contribution in [3.63, 3.8) is 0 Å². The summed E-state index contributed by atoms with van der Waals surface area (Å²) in [5, 5.41) is 0. The van der Waals surface area contributed by atoms with Gasteiger partial charge in [0.2, 0.25) is 0 Å². The minimum absolute atomic E-state index is 0.296. The monoisotopic (exact) mass is 676 g/mol. The summed E-state index contributed by atoms with van der Waals surface area (Å²) in [6, 6.07) is 60.7. The van der Waals surface area contributed by atoms with Gasteiger partial charge >= 0.3 is 0 Å². The fraction of sp³-hybridized carbons (Fsp3) is 0. The first-order valence-electron chi connectivity index (χ1n) is 16.8. The molecule has 2 aromatic heterocycles. The Labute approximate surface area is 302 Å². The highest BCUT2D eigenvalue weighted by Crippen LogP contribution is 2.36. The molecule has 4 nitrogen and oxygen atoms in total. The van der Waals surface area contributed by atoms with Gasteiger partial charge in [-0.15, -0.1) is 0 Å². The highest BCUT2D eigenvalue weighted by atomic mass is 31.1. The van der Waals surface area contributed by atoms with Crippen LogP contribution in [-0.4, -0.2) is 9.97 Å². The minimum Gasteiger partial charge on any atom is -0.311 e. The zero-order valence-corrected chi connectivity index (χ0v) is 29.2. The van der Waals surface area contributed by atoms with Crippen molar-refractivity contribution in [2.45, 2.75) is 0 Å². The highest BCUT2D eigenvalue weighted by molar-refractivity contribution is 7.54. The normalized spacial score (nSPS) is 11.3. The molecular weight excluding hydrogens is 640 g/mol. The van der Waals surface area contributed by atoms with E-state index in [2.05, 4.69) is 169 Å². The van der Waals surface area contributed by atoms with Crippen LogP contribution in [-0.2, 0) is 0 Å². The summed E-state index contributed by atoms with van der Waals surface area (Å²) < 4.78 is 0. The Balaban J connectivity index is 1.16. The van der Waals surface area contributed by atoms with Crippen molar-refractivity contribution in [2.24, 2.45) is 0 Å². The maximum atomic E-state index is 5.13. The van der Waals surface area contributed by atoms with Crippen LogP contribution in [0.1, 0.15) is 0 Å². The van der Waals surface area contributed by atoms with Gasteiger partial charge in [-0.05, 0) is 106 Å². The van der Waals surface area contributed by atoms with Crippen LogP contribution in [0.2, 0.25) is 0 Å². The van der Waals surface area contributed by atoms with Gasteiger partial charge in [0.25, 0.3) is 0 Å². The minimum atomic E-state index is 0.296. The van der Waals surface area contributed by atoms with Crippen LogP contribution in [0, 0.1) is 0 Å². The van der Waals surface area contributed by atoms with Gasteiger partial charge in [0.15, 0.2) is 0 Å². The van der Waals surface area contributed by atoms with Crippen LogP contribution in [0.4, 0.5) is 28.4 Å². The topological polar surface area (TPSA) is 32.3 Å². The summed E-state index contributed by atoms with van der Waals surface area (Å²) in [4.78, 5) is 14.7. The van der Waals surface area contributed by atoms with Gasteiger partial charge < -0.3 is 9.80 Å². The molecule has 2 heterocycles. The molecule has 0 amide bonds. The van der Waals surface area contributed by atoms with E-state index in [0.717, 1.165) is 67.5 Å². The fourth-order valence-electron chi connectivity index (χ4n) is 6.05. The molecule has 5 aromatic carbocycles. The van der Waals surface area contributed by atoms with Gasteiger partial charge in [0.05, 0.1) is 22.3 Å². The average molecular weight is 677 g/mol. The van der Waals surface area contributed by atoms with E-state index in [0.29, 0.717) is 8.58 Å². The van der Waals surface area contributed by atoms with Crippen LogP contribution < -0.4 is 20.7 Å². The van der Waals surface area contributed by atoms with Crippen LogP contribution >= 0.6 is 8.58 Å². The number of para-hydroxylation sites is 3. The molecule has 0 aliphatic heterocycles. The Kier molecular flexibility index (Phi) is 10.3. The summed E-state index contributed by atoms with van der Waals surface area (Å²) in [6.07, 6.45) is 5.60. The average Bonchev–Trinajstić information content (AvgIpc) is 3.19. The molecule has 0 aliphatic rings. The summed E-state index contributed by atoms with van der Waals surface area (Å²) in [5.41, 5.74) is 12.1. The lowest BCUT2D eigenvalue weighted by atomic mass is 10.1. The summed E-state index contributed by atoms with van der Waals surface area (Å²) >= 11 is 0. The van der Waals surface area contributed by atoms with E-state index in [9.17, 15) is 0 Å². The molecule has 0 N–H and O–H groups in total. The lowest BCUT2D eigenvalue weighted by Gasteiger charge is -2.26. The molecule has 0 spiro atoms. The number of hydrogen-bond acceptors (Lipinski definition) is 4. The zero-order valence-electron chi connectivity index (χ0n) is 28.2. The summed E-state index contributed by atoms with van der Waals surface area (Å²) in [5.74, 6) is 0. The number of anilines is 5. The number of rotatable bonds is 12. The van der Waals surface area contributed by atoms with E-state index in [1.807, 2.05) is 42.5 Å². The van der Waals surface area contributed by atoms with E-state index in [4.69, 9.17) is 9.97 Å². The molecule has 0 fully saturated rings. The van der Waals surface area contributed by atoms with Gasteiger partial charge in [0, 0.05) is 45.3 Å². The number of hydrogen-bond donors (Lipinski definition) is 0. The number of nitrogens with zero attached hydrogens (tertiary/aromatic N) is 4. The SMILES string of the molecule is C=C/C=C(\C=C)N(c1ccccc1)c1cccc(-c2cccc(Pc3cccc(-c4cccc(N(c5ccccc5)c5ccccc5)c4)n3)n2)c1. The number of aromatic nitrogens is 2. The Hall–Kier alpha value is -6.35. The second kappa shape index (κ2) is 15.9. The molecule has 7 aromatic rings. The molecule has 0 saturated carbocycles. The molecule has 246 valence electrons. The van der Waals surface area contributed by atoms with Crippen molar-refractivity contribution < 1.29 is 0 Å². The second-order valence-electron chi connectivity index (χ2n) is 11.8. The van der Waals surface area contributed by atoms with Crippen molar-refractivity contribution in [2.75, 3.05) is 9.80 Å². The van der Waals surface area contributed by atoms with Gasteiger partial charge in [-0.25, -0.2) is 9.97 Å². The smallest absolute Gasteiger partial charge is 0.0710 e. The first kappa shape index (κ1) is 33.2. The Bertz CT molecular complexity index is 2250. The molecule has 1 atom stereocenters. The second-order valence-corrected chi connectivity index (χ2v) is 13.0. The maximum Gasteiger partial charge on any atom is 0.0710 e. The van der Waals surface area contributed by atoms with Crippen LogP contribution in [0.5, 0.6) is 0 Å². The molecule has 1 unspecified atom stereocenters. The summed E-state index contributed by atoms with van der Waals surface area (Å²) in [7, 11) is 0.296. The summed E-state index contributed by atoms with van der Waals surface area (Å²) in [6.45, 7) is 7.99. The molecule has 7 rings (SSSR count). The fourth-order valence-corrected chi connectivity index (χ4v) is 7.02. The molecule has 0 aliphatic carbocycles. The molecule has 5 heteroatoms. The quantitative estimate of drug-likeness (QED) is 0.0952. The van der Waals surface area contributed by atoms with Crippen molar-refractivity contribution in [1.29, 1.82) is 0 Å². The molecular formula is C46H37N4P. The molecule has 0 bridgehead atoms. The van der Waals surface area contributed by atoms with Gasteiger partial charge in [-0.2, -0.15) is 0 Å². The van der Waals surface area contributed by atoms with E-state index in [1.54, 1.807) is 6.08 Å².